The van der Waals surface area contributed by atoms with Crippen LogP contribution in [0.15, 0.2) is 24.3 Å². The molecule has 104 valence electrons. The number of rotatable bonds is 6. The number of benzene rings is 1. The summed E-state index contributed by atoms with van der Waals surface area (Å²) in [7, 11) is 0. The van der Waals surface area contributed by atoms with Gasteiger partial charge in [0.15, 0.2) is 0 Å². The molecule has 0 bridgehead atoms. The molecule has 0 radical (unpaired) electrons. The van der Waals surface area contributed by atoms with Crippen molar-refractivity contribution < 1.29 is 4.79 Å². The Morgan fingerprint density at radius 3 is 2.79 bits per heavy atom. The van der Waals surface area contributed by atoms with Crippen molar-refractivity contribution in [3.8, 4) is 0 Å². The summed E-state index contributed by atoms with van der Waals surface area (Å²) in [6.07, 6.45) is 4.90. The number of amides is 1. The molecule has 1 atom stereocenters. The number of anilines is 1. The predicted octanol–water partition coefficient (Wildman–Crippen LogP) is 3.02. The van der Waals surface area contributed by atoms with Crippen LogP contribution in [0.1, 0.15) is 31.7 Å². The van der Waals surface area contributed by atoms with E-state index in [4.69, 9.17) is 0 Å². The average molecular weight is 278 g/mol. The zero-order valence-corrected chi connectivity index (χ0v) is 12.3. The van der Waals surface area contributed by atoms with E-state index >= 15 is 0 Å². The molecule has 0 saturated carbocycles. The van der Waals surface area contributed by atoms with Gasteiger partial charge in [-0.2, -0.15) is 0 Å². The van der Waals surface area contributed by atoms with Crippen molar-refractivity contribution in [1.29, 1.82) is 0 Å². The van der Waals surface area contributed by atoms with E-state index in [0.717, 1.165) is 23.7 Å². The molecule has 3 nitrogen and oxygen atoms in total. The Hall–Kier alpha value is -1.00. The summed E-state index contributed by atoms with van der Waals surface area (Å²) in [5, 5.41) is 6.14. The number of carbonyl (C=O) groups excluding carboxylic acids is 1. The van der Waals surface area contributed by atoms with Crippen molar-refractivity contribution in [2.45, 2.75) is 38.6 Å². The molecule has 19 heavy (non-hydrogen) atoms. The Labute approximate surface area is 119 Å². The Balaban J connectivity index is 1.82. The Morgan fingerprint density at radius 1 is 1.37 bits per heavy atom. The van der Waals surface area contributed by atoms with Crippen molar-refractivity contribution in [2.24, 2.45) is 0 Å². The molecule has 1 unspecified atom stereocenters. The Bertz CT molecular complexity index is 399. The number of hydrogen-bond donors (Lipinski definition) is 2. The molecule has 0 aliphatic carbocycles. The fraction of sp³-hybridized carbons (Fsp3) is 0.533. The monoisotopic (exact) mass is 278 g/mol. The van der Waals surface area contributed by atoms with E-state index in [1.54, 1.807) is 11.8 Å². The molecule has 1 aliphatic heterocycles. The quantitative estimate of drug-likeness (QED) is 0.786. The molecule has 1 aliphatic rings. The molecule has 1 amide bonds. The fourth-order valence-corrected chi connectivity index (χ4v) is 3.07. The van der Waals surface area contributed by atoms with Gasteiger partial charge in [0.1, 0.15) is 0 Å². The lowest BCUT2D eigenvalue weighted by molar-refractivity contribution is -0.117. The maximum atomic E-state index is 11.9. The summed E-state index contributed by atoms with van der Waals surface area (Å²) in [5.74, 6) is 1.80. The van der Waals surface area contributed by atoms with Crippen molar-refractivity contribution in [3.05, 3.63) is 29.8 Å². The lowest BCUT2D eigenvalue weighted by Gasteiger charge is -2.11. The summed E-state index contributed by atoms with van der Waals surface area (Å²) in [6, 6.07) is 8.18. The molecule has 0 aromatic heterocycles. The van der Waals surface area contributed by atoms with Gasteiger partial charge in [0.2, 0.25) is 5.91 Å². The molecular formula is C15H22N2OS. The summed E-state index contributed by atoms with van der Waals surface area (Å²) in [5.41, 5.74) is 2.24. The number of nitrogens with one attached hydrogen (secondary N) is 2. The maximum absolute atomic E-state index is 11.9. The first-order chi connectivity index (χ1) is 9.29. The van der Waals surface area contributed by atoms with Gasteiger partial charge in [0.25, 0.3) is 0 Å². The molecular weight excluding hydrogens is 256 g/mol. The zero-order chi connectivity index (χ0) is 13.5. The largest absolute Gasteiger partial charge is 0.325 e. The van der Waals surface area contributed by atoms with E-state index in [1.165, 1.54) is 24.8 Å². The van der Waals surface area contributed by atoms with Gasteiger partial charge in [0.05, 0.1) is 6.04 Å². The maximum Gasteiger partial charge on any atom is 0.242 e. The molecule has 1 fully saturated rings. The van der Waals surface area contributed by atoms with Crippen molar-refractivity contribution in [2.75, 3.05) is 16.9 Å². The van der Waals surface area contributed by atoms with Crippen LogP contribution in [0.5, 0.6) is 0 Å². The normalized spacial score (nSPS) is 18.5. The minimum absolute atomic E-state index is 0.0470. The zero-order valence-electron chi connectivity index (χ0n) is 11.4. The molecule has 1 saturated heterocycles. The SMILES string of the molecule is CCCCCc1ccc(NC(=O)C2CSCN2)cc1. The van der Waals surface area contributed by atoms with Crippen LogP contribution in [0.3, 0.4) is 0 Å². The van der Waals surface area contributed by atoms with Crippen LogP contribution in [-0.2, 0) is 11.2 Å². The van der Waals surface area contributed by atoms with Crippen LogP contribution in [0, 0.1) is 0 Å². The standard InChI is InChI=1S/C15H22N2OS/c1-2-3-4-5-12-6-8-13(9-7-12)17-15(18)14-10-19-11-16-14/h6-9,14,16H,2-5,10-11H2,1H3,(H,17,18). The second kappa shape index (κ2) is 7.56. The predicted molar refractivity (Wildman–Crippen MR) is 82.5 cm³/mol. The first-order valence-electron chi connectivity index (χ1n) is 7.00. The Kier molecular flexibility index (Phi) is 5.73. The highest BCUT2D eigenvalue weighted by atomic mass is 32.2. The second-order valence-electron chi connectivity index (χ2n) is 4.92. The molecule has 4 heteroatoms. The number of unbranched alkanes of at least 4 members (excludes halogenated alkanes) is 2. The third kappa shape index (κ3) is 4.55. The lowest BCUT2D eigenvalue weighted by atomic mass is 10.1. The van der Waals surface area contributed by atoms with Crippen molar-refractivity contribution in [1.82, 2.24) is 5.32 Å². The summed E-state index contributed by atoms with van der Waals surface area (Å²) < 4.78 is 0. The number of aryl methyl sites for hydroxylation is 1. The third-order valence-corrected chi connectivity index (χ3v) is 4.26. The van der Waals surface area contributed by atoms with E-state index in [0.29, 0.717) is 0 Å². The average Bonchev–Trinajstić information content (AvgIpc) is 2.95. The van der Waals surface area contributed by atoms with E-state index < -0.39 is 0 Å². The lowest BCUT2D eigenvalue weighted by Crippen LogP contribution is -2.37. The third-order valence-electron chi connectivity index (χ3n) is 3.32. The minimum Gasteiger partial charge on any atom is -0.325 e. The topological polar surface area (TPSA) is 41.1 Å². The van der Waals surface area contributed by atoms with E-state index in [9.17, 15) is 4.79 Å². The first kappa shape index (κ1) is 14.4. The van der Waals surface area contributed by atoms with E-state index in [1.807, 2.05) is 12.1 Å². The molecule has 2 rings (SSSR count). The Morgan fingerprint density at radius 2 is 2.16 bits per heavy atom. The van der Waals surface area contributed by atoms with Gasteiger partial charge in [-0.1, -0.05) is 31.9 Å². The van der Waals surface area contributed by atoms with Crippen LogP contribution in [0.4, 0.5) is 5.69 Å². The second-order valence-corrected chi connectivity index (χ2v) is 5.95. The smallest absolute Gasteiger partial charge is 0.242 e. The highest BCUT2D eigenvalue weighted by Crippen LogP contribution is 2.15. The summed E-state index contributed by atoms with van der Waals surface area (Å²) in [6.45, 7) is 2.22. The van der Waals surface area contributed by atoms with Crippen LogP contribution < -0.4 is 10.6 Å². The highest BCUT2D eigenvalue weighted by molar-refractivity contribution is 7.99. The molecule has 1 heterocycles. The number of hydrogen-bond acceptors (Lipinski definition) is 3. The fourth-order valence-electron chi connectivity index (χ4n) is 2.13. The first-order valence-corrected chi connectivity index (χ1v) is 8.16. The van der Waals surface area contributed by atoms with Gasteiger partial charge < -0.3 is 5.32 Å². The summed E-state index contributed by atoms with van der Waals surface area (Å²) in [4.78, 5) is 11.9. The van der Waals surface area contributed by atoms with E-state index in [2.05, 4.69) is 29.7 Å². The van der Waals surface area contributed by atoms with Gasteiger partial charge in [0, 0.05) is 17.3 Å². The van der Waals surface area contributed by atoms with Gasteiger partial charge >= 0.3 is 0 Å². The van der Waals surface area contributed by atoms with Gasteiger partial charge in [-0.3, -0.25) is 10.1 Å². The van der Waals surface area contributed by atoms with Crippen molar-refractivity contribution >= 4 is 23.4 Å². The highest BCUT2D eigenvalue weighted by Gasteiger charge is 2.22. The number of thioether (sulfide) groups is 1. The van der Waals surface area contributed by atoms with Gasteiger partial charge in [-0.15, -0.1) is 11.8 Å². The van der Waals surface area contributed by atoms with Crippen LogP contribution in [-0.4, -0.2) is 23.6 Å². The summed E-state index contributed by atoms with van der Waals surface area (Å²) >= 11 is 1.76. The van der Waals surface area contributed by atoms with Crippen LogP contribution >= 0.6 is 11.8 Å². The molecule has 1 aromatic rings. The van der Waals surface area contributed by atoms with Gasteiger partial charge in [-0.05, 0) is 30.5 Å². The molecule has 0 spiro atoms. The van der Waals surface area contributed by atoms with E-state index in [-0.39, 0.29) is 11.9 Å². The number of carbonyl (C=O) groups is 1. The van der Waals surface area contributed by atoms with Crippen LogP contribution in [0.25, 0.3) is 0 Å². The molecule has 2 N–H and O–H groups in total. The van der Waals surface area contributed by atoms with Gasteiger partial charge in [-0.25, -0.2) is 0 Å². The van der Waals surface area contributed by atoms with Crippen molar-refractivity contribution in [3.63, 3.8) is 0 Å². The van der Waals surface area contributed by atoms with Crippen LogP contribution in [0.2, 0.25) is 0 Å². The minimum atomic E-state index is -0.0470. The molecule has 1 aromatic carbocycles.